The predicted octanol–water partition coefficient (Wildman–Crippen LogP) is 5.32. The van der Waals surface area contributed by atoms with Gasteiger partial charge in [0.1, 0.15) is 12.4 Å². The van der Waals surface area contributed by atoms with Gasteiger partial charge in [0.25, 0.3) is 0 Å². The Morgan fingerprint density at radius 3 is 2.45 bits per heavy atom. The number of allylic oxidation sites excluding steroid dienone is 1. The molecule has 5 rings (SSSR count). The summed E-state index contributed by atoms with van der Waals surface area (Å²) in [6.07, 6.45) is 8.89. The van der Waals surface area contributed by atoms with E-state index in [1.54, 1.807) is 12.3 Å². The second-order valence-electron chi connectivity index (χ2n) is 11.5. The van der Waals surface area contributed by atoms with Gasteiger partial charge in [-0.15, -0.1) is 0 Å². The minimum Gasteiger partial charge on any atom is -0.444 e. The summed E-state index contributed by atoms with van der Waals surface area (Å²) >= 11 is 0. The molecule has 1 aliphatic carbocycles. The highest BCUT2D eigenvalue weighted by Crippen LogP contribution is 2.40. The number of carbonyl (C=O) groups excluding carboxylic acids is 2. The molecule has 0 unspecified atom stereocenters. The number of ether oxygens (including phenoxy) is 1. The third-order valence-corrected chi connectivity index (χ3v) is 8.10. The first kappa shape index (κ1) is 28.1. The SMILES string of the molecule is CCN1C(=O)OCc2cnc(N[C@@H](C)c3ccc([C@H](CC4CC4)N4CCN(C(=O)/C=C/C(C)C)CC4)cc3)nc21. The van der Waals surface area contributed by atoms with E-state index < -0.39 is 0 Å². The van der Waals surface area contributed by atoms with Crippen LogP contribution >= 0.6 is 0 Å². The summed E-state index contributed by atoms with van der Waals surface area (Å²) in [6.45, 7) is 12.2. The van der Waals surface area contributed by atoms with Gasteiger partial charge in [-0.05, 0) is 49.3 Å². The quantitative estimate of drug-likeness (QED) is 0.403. The van der Waals surface area contributed by atoms with Crippen LogP contribution in [0.1, 0.15) is 75.7 Å². The van der Waals surface area contributed by atoms with E-state index in [0.29, 0.717) is 30.3 Å². The fourth-order valence-corrected chi connectivity index (χ4v) is 5.47. The van der Waals surface area contributed by atoms with Crippen molar-refractivity contribution in [3.8, 4) is 0 Å². The first-order chi connectivity index (χ1) is 19.3. The Morgan fingerprint density at radius 2 is 1.80 bits per heavy atom. The average molecular weight is 547 g/mol. The zero-order chi connectivity index (χ0) is 28.2. The van der Waals surface area contributed by atoms with E-state index in [1.807, 2.05) is 17.9 Å². The van der Waals surface area contributed by atoms with Crippen molar-refractivity contribution in [2.75, 3.05) is 42.9 Å². The summed E-state index contributed by atoms with van der Waals surface area (Å²) in [6, 6.07) is 9.26. The number of carbonyl (C=O) groups is 2. The Morgan fingerprint density at radius 1 is 1.10 bits per heavy atom. The normalized spacial score (nSPS) is 19.5. The van der Waals surface area contributed by atoms with E-state index in [2.05, 4.69) is 65.2 Å². The van der Waals surface area contributed by atoms with Gasteiger partial charge in [0, 0.05) is 45.0 Å². The van der Waals surface area contributed by atoms with Crippen molar-refractivity contribution in [3.05, 3.63) is 59.3 Å². The zero-order valence-electron chi connectivity index (χ0n) is 24.2. The molecule has 1 saturated carbocycles. The number of nitrogens with one attached hydrogen (secondary N) is 1. The van der Waals surface area contributed by atoms with Crippen LogP contribution in [0.2, 0.25) is 0 Å². The van der Waals surface area contributed by atoms with Crippen molar-refractivity contribution in [2.24, 2.45) is 11.8 Å². The van der Waals surface area contributed by atoms with E-state index in [0.717, 1.165) is 43.2 Å². The molecular formula is C31H42N6O3. The van der Waals surface area contributed by atoms with Gasteiger partial charge >= 0.3 is 6.09 Å². The maximum atomic E-state index is 12.6. The van der Waals surface area contributed by atoms with Gasteiger partial charge in [-0.25, -0.2) is 9.78 Å². The molecule has 1 aromatic carbocycles. The van der Waals surface area contributed by atoms with Crippen LogP contribution in [0, 0.1) is 11.8 Å². The molecule has 1 aromatic heterocycles. The maximum absolute atomic E-state index is 12.6. The molecule has 2 atom stereocenters. The number of fused-ring (bicyclic) bond motifs is 1. The van der Waals surface area contributed by atoms with Gasteiger partial charge in [0.15, 0.2) is 0 Å². The fraction of sp³-hybridized carbons (Fsp3) is 0.548. The molecule has 1 N–H and O–H groups in total. The summed E-state index contributed by atoms with van der Waals surface area (Å²) in [5.74, 6) is 2.42. The van der Waals surface area contributed by atoms with Crippen molar-refractivity contribution >= 4 is 23.8 Å². The minimum absolute atomic E-state index is 0.00643. The average Bonchev–Trinajstić information content (AvgIpc) is 3.79. The predicted molar refractivity (Wildman–Crippen MR) is 156 cm³/mol. The first-order valence-electron chi connectivity index (χ1n) is 14.7. The molecule has 3 heterocycles. The number of cyclic esters (lactones) is 1. The molecule has 2 aliphatic heterocycles. The number of hydrogen-bond donors (Lipinski definition) is 1. The third kappa shape index (κ3) is 6.63. The van der Waals surface area contributed by atoms with Crippen LogP contribution in [0.25, 0.3) is 0 Å². The van der Waals surface area contributed by atoms with E-state index >= 15 is 0 Å². The van der Waals surface area contributed by atoms with E-state index in [9.17, 15) is 9.59 Å². The van der Waals surface area contributed by atoms with Crippen LogP contribution < -0.4 is 10.2 Å². The maximum Gasteiger partial charge on any atom is 0.415 e. The van der Waals surface area contributed by atoms with Crippen LogP contribution in [0.15, 0.2) is 42.6 Å². The van der Waals surface area contributed by atoms with Crippen LogP contribution in [0.5, 0.6) is 0 Å². The van der Waals surface area contributed by atoms with Crippen molar-refractivity contribution in [1.29, 1.82) is 0 Å². The molecule has 9 nitrogen and oxygen atoms in total. The van der Waals surface area contributed by atoms with Crippen molar-refractivity contribution in [1.82, 2.24) is 19.8 Å². The number of benzene rings is 1. The number of piperazine rings is 1. The number of anilines is 2. The second kappa shape index (κ2) is 12.4. The highest BCUT2D eigenvalue weighted by atomic mass is 16.6. The van der Waals surface area contributed by atoms with Gasteiger partial charge in [0.2, 0.25) is 11.9 Å². The number of amides is 2. The van der Waals surface area contributed by atoms with E-state index in [4.69, 9.17) is 4.74 Å². The molecule has 0 radical (unpaired) electrons. The van der Waals surface area contributed by atoms with Crippen LogP contribution in [0.4, 0.5) is 16.6 Å². The Hall–Kier alpha value is -3.46. The Balaban J connectivity index is 1.23. The molecule has 2 aromatic rings. The molecule has 0 spiro atoms. The van der Waals surface area contributed by atoms with Crippen LogP contribution in [-0.4, -0.2) is 64.5 Å². The van der Waals surface area contributed by atoms with Gasteiger partial charge in [0.05, 0.1) is 11.6 Å². The summed E-state index contributed by atoms with van der Waals surface area (Å²) in [5, 5.41) is 3.40. The number of nitrogens with zero attached hydrogens (tertiary/aromatic N) is 5. The Kier molecular flexibility index (Phi) is 8.69. The molecule has 1 saturated heterocycles. The lowest BCUT2D eigenvalue weighted by molar-refractivity contribution is -0.128. The van der Waals surface area contributed by atoms with Gasteiger partial charge in [-0.3, -0.25) is 14.6 Å². The van der Waals surface area contributed by atoms with Gasteiger partial charge < -0.3 is 15.0 Å². The number of hydrogen-bond acceptors (Lipinski definition) is 7. The largest absolute Gasteiger partial charge is 0.444 e. The molecule has 9 heteroatoms. The number of aromatic nitrogens is 2. The van der Waals surface area contributed by atoms with E-state index in [-0.39, 0.29) is 24.6 Å². The highest BCUT2D eigenvalue weighted by molar-refractivity contribution is 5.89. The molecule has 40 heavy (non-hydrogen) atoms. The molecule has 214 valence electrons. The summed E-state index contributed by atoms with van der Waals surface area (Å²) in [7, 11) is 0. The smallest absolute Gasteiger partial charge is 0.415 e. The topological polar surface area (TPSA) is 90.9 Å². The summed E-state index contributed by atoms with van der Waals surface area (Å²) < 4.78 is 5.20. The molecule has 0 bridgehead atoms. The number of rotatable bonds is 10. The van der Waals surface area contributed by atoms with E-state index in [1.165, 1.54) is 29.7 Å². The molecule has 2 amide bonds. The second-order valence-corrected chi connectivity index (χ2v) is 11.5. The van der Waals surface area contributed by atoms with Crippen molar-refractivity contribution in [2.45, 2.75) is 65.6 Å². The molecule has 3 aliphatic rings. The molecule has 2 fully saturated rings. The Bertz CT molecular complexity index is 1220. The van der Waals surface area contributed by atoms with Crippen LogP contribution in [0.3, 0.4) is 0 Å². The lowest BCUT2D eigenvalue weighted by Gasteiger charge is -2.39. The monoisotopic (exact) mass is 546 g/mol. The minimum atomic E-state index is -0.375. The van der Waals surface area contributed by atoms with Crippen LogP contribution in [-0.2, 0) is 16.1 Å². The summed E-state index contributed by atoms with van der Waals surface area (Å²) in [5.41, 5.74) is 3.29. The Labute approximate surface area is 237 Å². The summed E-state index contributed by atoms with van der Waals surface area (Å²) in [4.78, 5) is 39.8. The standard InChI is InChI=1S/C31H42N6O3/c1-5-37-29-26(20-40-31(37)39)19-32-30(34-29)33-22(4)24-9-11-25(12-10-24)27(18-23-7-8-23)35-14-16-36(17-15-35)28(38)13-6-21(2)3/h6,9-13,19,21-23,27H,5,7-8,14-18,20H2,1-4H3,(H,32,33,34)/b13-6+/t22-,27-/m0/s1. The lowest BCUT2D eigenvalue weighted by atomic mass is 9.96. The third-order valence-electron chi connectivity index (χ3n) is 8.10. The van der Waals surface area contributed by atoms with Crippen molar-refractivity contribution < 1.29 is 14.3 Å². The zero-order valence-corrected chi connectivity index (χ0v) is 24.2. The van der Waals surface area contributed by atoms with Crippen molar-refractivity contribution in [3.63, 3.8) is 0 Å². The van der Waals surface area contributed by atoms with Gasteiger partial charge in [-0.1, -0.05) is 57.0 Å². The molecular weight excluding hydrogens is 504 g/mol. The highest BCUT2D eigenvalue weighted by Gasteiger charge is 2.32. The lowest BCUT2D eigenvalue weighted by Crippen LogP contribution is -2.49. The first-order valence-corrected chi connectivity index (χ1v) is 14.7. The van der Waals surface area contributed by atoms with Gasteiger partial charge in [-0.2, -0.15) is 4.98 Å². The fourth-order valence-electron chi connectivity index (χ4n) is 5.47.